The standard InChI is InChI=1S/C11H10FN5OS/c12-10-2-1-8(6-13)9(5-10)7-19-11-14-15-16-17(11)3-4-18/h1-2,5,18H,3-4,7H2. The maximum Gasteiger partial charge on any atom is 0.209 e. The van der Waals surface area contributed by atoms with Gasteiger partial charge in [-0.2, -0.15) is 5.26 Å². The largest absolute Gasteiger partial charge is 0.394 e. The van der Waals surface area contributed by atoms with Crippen molar-refractivity contribution in [3.8, 4) is 6.07 Å². The second kappa shape index (κ2) is 6.26. The van der Waals surface area contributed by atoms with E-state index >= 15 is 0 Å². The van der Waals surface area contributed by atoms with Crippen LogP contribution in [-0.4, -0.2) is 31.9 Å². The highest BCUT2D eigenvalue weighted by atomic mass is 32.2. The van der Waals surface area contributed by atoms with Crippen molar-refractivity contribution >= 4 is 11.8 Å². The third-order valence-corrected chi connectivity index (χ3v) is 3.36. The Bertz CT molecular complexity index is 609. The predicted octanol–water partition coefficient (Wildman–Crippen LogP) is 0.968. The second-order valence-electron chi connectivity index (χ2n) is 3.61. The van der Waals surface area contributed by atoms with Crippen molar-refractivity contribution in [3.05, 3.63) is 35.1 Å². The molecule has 0 aliphatic heterocycles. The third-order valence-electron chi connectivity index (χ3n) is 2.36. The molecule has 1 aromatic heterocycles. The Morgan fingerprint density at radius 2 is 2.32 bits per heavy atom. The number of thioether (sulfide) groups is 1. The molecular formula is C11H10FN5OS. The van der Waals surface area contributed by atoms with Gasteiger partial charge in [-0.05, 0) is 34.2 Å². The van der Waals surface area contributed by atoms with Gasteiger partial charge < -0.3 is 5.11 Å². The number of benzene rings is 1. The smallest absolute Gasteiger partial charge is 0.209 e. The van der Waals surface area contributed by atoms with Gasteiger partial charge >= 0.3 is 0 Å². The van der Waals surface area contributed by atoms with Crippen molar-refractivity contribution in [1.29, 1.82) is 5.26 Å². The molecule has 1 heterocycles. The molecule has 0 aliphatic rings. The van der Waals surface area contributed by atoms with Crippen LogP contribution in [0.5, 0.6) is 0 Å². The van der Waals surface area contributed by atoms with Gasteiger partial charge in [-0.1, -0.05) is 11.8 Å². The van der Waals surface area contributed by atoms with Gasteiger partial charge in [0.2, 0.25) is 5.16 Å². The SMILES string of the molecule is N#Cc1ccc(F)cc1CSc1nnnn1CCO. The number of tetrazole rings is 1. The van der Waals surface area contributed by atoms with Crippen molar-refractivity contribution < 1.29 is 9.50 Å². The molecule has 2 aromatic rings. The number of aliphatic hydroxyl groups is 1. The molecule has 0 amide bonds. The highest BCUT2D eigenvalue weighted by Crippen LogP contribution is 2.22. The number of halogens is 1. The van der Waals surface area contributed by atoms with Crippen LogP contribution in [0.3, 0.4) is 0 Å². The van der Waals surface area contributed by atoms with E-state index in [1.54, 1.807) is 0 Å². The van der Waals surface area contributed by atoms with Gasteiger partial charge in [-0.15, -0.1) is 5.10 Å². The molecule has 19 heavy (non-hydrogen) atoms. The Kier molecular flexibility index (Phi) is 4.43. The molecule has 1 N–H and O–H groups in total. The summed E-state index contributed by atoms with van der Waals surface area (Å²) >= 11 is 1.28. The van der Waals surface area contributed by atoms with E-state index in [1.165, 1.54) is 34.6 Å². The lowest BCUT2D eigenvalue weighted by molar-refractivity contribution is 0.262. The molecule has 0 unspecified atom stereocenters. The zero-order chi connectivity index (χ0) is 13.7. The van der Waals surface area contributed by atoms with Crippen LogP contribution in [0.25, 0.3) is 0 Å². The number of rotatable bonds is 5. The Morgan fingerprint density at radius 3 is 3.05 bits per heavy atom. The van der Waals surface area contributed by atoms with Crippen molar-refractivity contribution in [1.82, 2.24) is 20.2 Å². The van der Waals surface area contributed by atoms with E-state index in [0.29, 0.717) is 28.6 Å². The number of hydrogen-bond acceptors (Lipinski definition) is 6. The summed E-state index contributed by atoms with van der Waals surface area (Å²) in [5.41, 5.74) is 1.01. The Labute approximate surface area is 112 Å². The van der Waals surface area contributed by atoms with E-state index in [1.807, 2.05) is 6.07 Å². The maximum absolute atomic E-state index is 13.2. The molecule has 0 bridgehead atoms. The Hall–Kier alpha value is -1.98. The van der Waals surface area contributed by atoms with E-state index in [4.69, 9.17) is 10.4 Å². The van der Waals surface area contributed by atoms with Crippen molar-refractivity contribution in [2.24, 2.45) is 0 Å². The summed E-state index contributed by atoms with van der Waals surface area (Å²) in [6.07, 6.45) is 0. The van der Waals surface area contributed by atoms with Gasteiger partial charge in [0, 0.05) is 5.75 Å². The minimum atomic E-state index is -0.385. The second-order valence-corrected chi connectivity index (χ2v) is 4.55. The summed E-state index contributed by atoms with van der Waals surface area (Å²) in [6, 6.07) is 6.04. The molecular weight excluding hydrogens is 269 g/mol. The summed E-state index contributed by atoms with van der Waals surface area (Å²) in [6.45, 7) is 0.228. The van der Waals surface area contributed by atoms with Gasteiger partial charge in [-0.25, -0.2) is 9.07 Å². The van der Waals surface area contributed by atoms with Gasteiger partial charge in [0.15, 0.2) is 0 Å². The first-order valence-corrected chi connectivity index (χ1v) is 6.41. The van der Waals surface area contributed by atoms with Crippen LogP contribution in [0.2, 0.25) is 0 Å². The van der Waals surface area contributed by atoms with E-state index in [0.717, 1.165) is 0 Å². The lowest BCUT2D eigenvalue weighted by Gasteiger charge is -2.04. The third kappa shape index (κ3) is 3.27. The van der Waals surface area contributed by atoms with E-state index in [9.17, 15) is 4.39 Å². The van der Waals surface area contributed by atoms with E-state index in [2.05, 4.69) is 15.5 Å². The molecule has 0 saturated carbocycles. The summed E-state index contributed by atoms with van der Waals surface area (Å²) in [7, 11) is 0. The lowest BCUT2D eigenvalue weighted by Crippen LogP contribution is -2.05. The fourth-order valence-corrected chi connectivity index (χ4v) is 2.36. The van der Waals surface area contributed by atoms with Crippen LogP contribution in [0.1, 0.15) is 11.1 Å². The summed E-state index contributed by atoms with van der Waals surface area (Å²) in [5.74, 6) is -0.00327. The molecule has 8 heteroatoms. The minimum absolute atomic E-state index is 0.0674. The van der Waals surface area contributed by atoms with E-state index < -0.39 is 0 Å². The average molecular weight is 279 g/mol. The molecule has 1 aromatic carbocycles. The van der Waals surface area contributed by atoms with Crippen LogP contribution < -0.4 is 0 Å². The van der Waals surface area contributed by atoms with Gasteiger partial charge in [-0.3, -0.25) is 0 Å². The van der Waals surface area contributed by atoms with Crippen LogP contribution in [-0.2, 0) is 12.3 Å². The topological polar surface area (TPSA) is 87.6 Å². The first-order valence-electron chi connectivity index (χ1n) is 5.43. The fourth-order valence-electron chi connectivity index (χ4n) is 1.47. The number of aromatic nitrogens is 4. The van der Waals surface area contributed by atoms with Crippen LogP contribution >= 0.6 is 11.8 Å². The fraction of sp³-hybridized carbons (Fsp3) is 0.273. The molecule has 0 spiro atoms. The van der Waals surface area contributed by atoms with Crippen molar-refractivity contribution in [2.75, 3.05) is 6.61 Å². The molecule has 2 rings (SSSR count). The molecule has 98 valence electrons. The zero-order valence-electron chi connectivity index (χ0n) is 9.82. The highest BCUT2D eigenvalue weighted by molar-refractivity contribution is 7.98. The lowest BCUT2D eigenvalue weighted by atomic mass is 10.1. The van der Waals surface area contributed by atoms with Crippen molar-refractivity contribution in [2.45, 2.75) is 17.5 Å². The van der Waals surface area contributed by atoms with Crippen LogP contribution in [0, 0.1) is 17.1 Å². The Morgan fingerprint density at radius 1 is 1.47 bits per heavy atom. The van der Waals surface area contributed by atoms with Gasteiger partial charge in [0.25, 0.3) is 0 Å². The highest BCUT2D eigenvalue weighted by Gasteiger charge is 2.09. The normalized spacial score (nSPS) is 10.4. The molecule has 0 atom stereocenters. The maximum atomic E-state index is 13.2. The molecule has 0 saturated heterocycles. The van der Waals surface area contributed by atoms with Gasteiger partial charge in [0.1, 0.15) is 5.82 Å². The minimum Gasteiger partial charge on any atom is -0.394 e. The molecule has 0 fully saturated rings. The molecule has 0 aliphatic carbocycles. The average Bonchev–Trinajstić information content (AvgIpc) is 2.84. The quantitative estimate of drug-likeness (QED) is 0.820. The zero-order valence-corrected chi connectivity index (χ0v) is 10.6. The van der Waals surface area contributed by atoms with Crippen LogP contribution in [0.4, 0.5) is 4.39 Å². The van der Waals surface area contributed by atoms with E-state index in [-0.39, 0.29) is 12.4 Å². The Balaban J connectivity index is 2.12. The van der Waals surface area contributed by atoms with Gasteiger partial charge in [0.05, 0.1) is 24.8 Å². The number of aliphatic hydroxyl groups excluding tert-OH is 1. The predicted molar refractivity (Wildman–Crippen MR) is 65.6 cm³/mol. The summed E-state index contributed by atoms with van der Waals surface area (Å²) in [4.78, 5) is 0. The first-order chi connectivity index (χ1) is 9.24. The number of nitrogens with zero attached hydrogens (tertiary/aromatic N) is 5. The molecule has 6 nitrogen and oxygen atoms in total. The molecule has 0 radical (unpaired) electrons. The summed E-state index contributed by atoms with van der Waals surface area (Å²) < 4.78 is 14.6. The number of hydrogen-bond donors (Lipinski definition) is 1. The summed E-state index contributed by atoms with van der Waals surface area (Å²) in [5, 5.41) is 29.3. The first kappa shape index (κ1) is 13.5. The van der Waals surface area contributed by atoms with Crippen LogP contribution in [0.15, 0.2) is 23.4 Å². The van der Waals surface area contributed by atoms with Crippen molar-refractivity contribution in [3.63, 3.8) is 0 Å². The monoisotopic (exact) mass is 279 g/mol. The number of nitriles is 1.